The van der Waals surface area contributed by atoms with Gasteiger partial charge in [0.2, 0.25) is 0 Å². The summed E-state index contributed by atoms with van der Waals surface area (Å²) >= 11 is 0. The molecule has 2 aliphatic heterocycles. The Kier molecular flexibility index (Phi) is 3.90. The zero-order chi connectivity index (χ0) is 16.5. The molecular weight excluding hydrogens is 298 g/mol. The minimum absolute atomic E-state index is 0.520. The third kappa shape index (κ3) is 2.85. The van der Waals surface area contributed by atoms with E-state index in [9.17, 15) is 0 Å². The topological polar surface area (TPSA) is 27.7 Å². The molecule has 0 saturated carbocycles. The highest BCUT2D eigenvalue weighted by atomic mass is 16.5. The fourth-order valence-electron chi connectivity index (χ4n) is 3.13. The molecule has 2 aromatic carbocycles. The van der Waals surface area contributed by atoms with Crippen molar-refractivity contribution in [1.82, 2.24) is 10.5 Å². The van der Waals surface area contributed by atoms with E-state index in [1.807, 2.05) is 12.1 Å². The second kappa shape index (κ2) is 6.21. The van der Waals surface area contributed by atoms with Gasteiger partial charge in [-0.2, -0.15) is 0 Å². The summed E-state index contributed by atoms with van der Waals surface area (Å²) in [5.41, 5.74) is 8.49. The lowest BCUT2D eigenvalue weighted by molar-refractivity contribution is 0.270. The van der Waals surface area contributed by atoms with E-state index in [-0.39, 0.29) is 0 Å². The van der Waals surface area contributed by atoms with Crippen molar-refractivity contribution in [2.24, 2.45) is 5.92 Å². The van der Waals surface area contributed by atoms with E-state index in [1.165, 1.54) is 16.8 Å². The van der Waals surface area contributed by atoms with Crippen molar-refractivity contribution in [3.05, 3.63) is 65.9 Å². The first kappa shape index (κ1) is 15.1. The highest BCUT2D eigenvalue weighted by Gasteiger charge is 2.27. The summed E-state index contributed by atoms with van der Waals surface area (Å²) in [6.07, 6.45) is 3.23. The first-order valence-corrected chi connectivity index (χ1v) is 8.57. The third-order valence-corrected chi connectivity index (χ3v) is 4.35. The van der Waals surface area contributed by atoms with Crippen LogP contribution >= 0.6 is 0 Å². The third-order valence-electron chi connectivity index (χ3n) is 4.35. The molecule has 2 aliphatic rings. The first-order valence-electron chi connectivity index (χ1n) is 8.57. The number of nitrogens with zero attached hydrogens (tertiary/aromatic N) is 2. The lowest BCUT2D eigenvalue weighted by Gasteiger charge is -2.29. The first-order chi connectivity index (χ1) is 11.7. The van der Waals surface area contributed by atoms with Gasteiger partial charge < -0.3 is 4.74 Å². The van der Waals surface area contributed by atoms with Crippen LogP contribution in [0.1, 0.15) is 25.0 Å². The Morgan fingerprint density at radius 3 is 2.88 bits per heavy atom. The van der Waals surface area contributed by atoms with E-state index < -0.39 is 0 Å². The van der Waals surface area contributed by atoms with Gasteiger partial charge in [-0.25, -0.2) is 0 Å². The minimum atomic E-state index is 0.520. The number of nitrogens with one attached hydrogen (secondary N) is 1. The van der Waals surface area contributed by atoms with E-state index >= 15 is 0 Å². The molecule has 0 aromatic heterocycles. The zero-order valence-electron chi connectivity index (χ0n) is 14.2. The molecule has 4 heteroatoms. The average molecular weight is 321 g/mol. The van der Waals surface area contributed by atoms with Gasteiger partial charge in [0.25, 0.3) is 0 Å². The molecule has 1 N–H and O–H groups in total. The van der Waals surface area contributed by atoms with Gasteiger partial charge in [-0.3, -0.25) is 10.0 Å². The van der Waals surface area contributed by atoms with Gasteiger partial charge in [0, 0.05) is 24.4 Å². The van der Waals surface area contributed by atoms with Crippen molar-refractivity contribution in [3.8, 4) is 5.75 Å². The molecular formula is C20H23N3O. The monoisotopic (exact) mass is 321 g/mol. The average Bonchev–Trinajstić information content (AvgIpc) is 3.05. The number of benzene rings is 2. The molecule has 0 bridgehead atoms. The van der Waals surface area contributed by atoms with Crippen LogP contribution in [-0.2, 0) is 6.42 Å². The molecule has 0 aliphatic carbocycles. The Hall–Kier alpha value is -2.46. The Labute approximate surface area is 143 Å². The Morgan fingerprint density at radius 1 is 1.12 bits per heavy atom. The van der Waals surface area contributed by atoms with Crippen LogP contribution in [0.2, 0.25) is 0 Å². The molecule has 4 rings (SSSR count). The van der Waals surface area contributed by atoms with Crippen LogP contribution in [0.25, 0.3) is 5.70 Å². The molecule has 0 amide bonds. The summed E-state index contributed by atoms with van der Waals surface area (Å²) < 4.78 is 5.85. The van der Waals surface area contributed by atoms with E-state index in [0.29, 0.717) is 5.92 Å². The molecule has 0 atom stereocenters. The van der Waals surface area contributed by atoms with Gasteiger partial charge in [0.05, 0.1) is 18.0 Å². The van der Waals surface area contributed by atoms with Crippen LogP contribution in [0.15, 0.2) is 54.7 Å². The smallest absolute Gasteiger partial charge is 0.121 e. The van der Waals surface area contributed by atoms with E-state index in [4.69, 9.17) is 4.74 Å². The predicted molar refractivity (Wildman–Crippen MR) is 97.2 cm³/mol. The fraction of sp³-hybridized carbons (Fsp3) is 0.300. The Balaban J connectivity index is 1.59. The summed E-state index contributed by atoms with van der Waals surface area (Å²) in [4.78, 5) is 0. The summed E-state index contributed by atoms with van der Waals surface area (Å²) in [6, 6.07) is 16.9. The van der Waals surface area contributed by atoms with Crippen molar-refractivity contribution in [2.75, 3.05) is 18.2 Å². The zero-order valence-corrected chi connectivity index (χ0v) is 14.2. The number of fused-ring (bicyclic) bond motifs is 3. The largest absolute Gasteiger partial charge is 0.493 e. The van der Waals surface area contributed by atoms with Gasteiger partial charge in [0.15, 0.2) is 0 Å². The number of hydrogen-bond acceptors (Lipinski definition) is 4. The Morgan fingerprint density at radius 2 is 2.00 bits per heavy atom. The number of hydrogen-bond donors (Lipinski definition) is 1. The fourth-order valence-corrected chi connectivity index (χ4v) is 3.13. The standard InChI is InChI=1S/C20H23N3O/c1-15(2)14-24-18-8-5-7-17(12-18)23-13-20-19-9-4-3-6-16(19)10-11-22(20)21-23/h3-9,12-13,15,21H,10-11,14H2,1-2H3. The maximum absolute atomic E-state index is 5.85. The lowest BCUT2D eigenvalue weighted by atomic mass is 9.98. The molecule has 0 fully saturated rings. The van der Waals surface area contributed by atoms with Gasteiger partial charge in [-0.15, -0.1) is 5.53 Å². The molecule has 0 unspecified atom stereocenters. The van der Waals surface area contributed by atoms with Crippen molar-refractivity contribution in [3.63, 3.8) is 0 Å². The Bertz CT molecular complexity index is 769. The van der Waals surface area contributed by atoms with Gasteiger partial charge >= 0.3 is 0 Å². The number of hydrazine groups is 2. The molecule has 0 radical (unpaired) electrons. The summed E-state index contributed by atoms with van der Waals surface area (Å²) in [5, 5.41) is 4.28. The van der Waals surface area contributed by atoms with Crippen LogP contribution in [0, 0.1) is 5.92 Å². The minimum Gasteiger partial charge on any atom is -0.493 e. The van der Waals surface area contributed by atoms with E-state index in [1.54, 1.807) is 0 Å². The number of ether oxygens (including phenoxy) is 1. The summed E-state index contributed by atoms with van der Waals surface area (Å²) in [6.45, 7) is 6.03. The molecule has 2 aromatic rings. The number of anilines is 1. The second-order valence-corrected chi connectivity index (χ2v) is 6.75. The van der Waals surface area contributed by atoms with Gasteiger partial charge in [-0.1, -0.05) is 44.2 Å². The maximum atomic E-state index is 5.85. The van der Waals surface area contributed by atoms with Crippen LogP contribution < -0.4 is 15.3 Å². The second-order valence-electron chi connectivity index (χ2n) is 6.75. The summed E-state index contributed by atoms with van der Waals surface area (Å²) in [7, 11) is 0. The van der Waals surface area contributed by atoms with Gasteiger partial charge in [-0.05, 0) is 30.0 Å². The highest BCUT2D eigenvalue weighted by Crippen LogP contribution is 2.33. The lowest BCUT2D eigenvalue weighted by Crippen LogP contribution is -2.42. The number of rotatable bonds is 4. The molecule has 0 spiro atoms. The molecule has 2 heterocycles. The predicted octanol–water partition coefficient (Wildman–Crippen LogP) is 3.82. The van der Waals surface area contributed by atoms with Crippen LogP contribution in [0.5, 0.6) is 5.75 Å². The van der Waals surface area contributed by atoms with Crippen molar-refractivity contribution in [1.29, 1.82) is 0 Å². The summed E-state index contributed by atoms with van der Waals surface area (Å²) in [5.74, 6) is 1.43. The normalized spacial score (nSPS) is 16.0. The maximum Gasteiger partial charge on any atom is 0.121 e. The quantitative estimate of drug-likeness (QED) is 0.926. The molecule has 24 heavy (non-hydrogen) atoms. The van der Waals surface area contributed by atoms with Crippen LogP contribution in [0.4, 0.5) is 5.69 Å². The van der Waals surface area contributed by atoms with Crippen LogP contribution in [-0.4, -0.2) is 18.2 Å². The molecule has 4 nitrogen and oxygen atoms in total. The SMILES string of the molecule is CC(C)COc1cccc(N2C=C3c4ccccc4CCN3N2)c1. The molecule has 124 valence electrons. The molecule has 0 saturated heterocycles. The van der Waals surface area contributed by atoms with Crippen LogP contribution in [0.3, 0.4) is 0 Å². The van der Waals surface area contributed by atoms with E-state index in [0.717, 1.165) is 31.0 Å². The van der Waals surface area contributed by atoms with Crippen molar-refractivity contribution in [2.45, 2.75) is 20.3 Å². The van der Waals surface area contributed by atoms with Gasteiger partial charge in [0.1, 0.15) is 5.75 Å². The van der Waals surface area contributed by atoms with Crippen molar-refractivity contribution >= 4 is 11.4 Å². The van der Waals surface area contributed by atoms with Crippen molar-refractivity contribution < 1.29 is 4.74 Å². The van der Waals surface area contributed by atoms with E-state index in [2.05, 4.69) is 72.0 Å². The highest BCUT2D eigenvalue weighted by molar-refractivity contribution is 5.73.